The highest BCUT2D eigenvalue weighted by molar-refractivity contribution is 5.84. The lowest BCUT2D eigenvalue weighted by Crippen LogP contribution is -2.36. The molecule has 0 aliphatic carbocycles. The molecule has 0 saturated carbocycles. The first kappa shape index (κ1) is 12.3. The van der Waals surface area contributed by atoms with Gasteiger partial charge in [-0.2, -0.15) is 0 Å². The maximum absolute atomic E-state index is 11.6. The minimum atomic E-state index is -1.12. The van der Waals surface area contributed by atoms with Gasteiger partial charge in [-0.05, 0) is 6.92 Å². The van der Waals surface area contributed by atoms with Gasteiger partial charge in [-0.1, -0.05) is 0 Å². The Kier molecular flexibility index (Phi) is 3.75. The van der Waals surface area contributed by atoms with E-state index < -0.39 is 18.1 Å². The third kappa shape index (κ3) is 2.65. The van der Waals surface area contributed by atoms with Crippen molar-refractivity contribution in [3.8, 4) is 0 Å². The molecule has 0 fully saturated rings. The number of carbonyl (C=O) groups is 2. The van der Waals surface area contributed by atoms with Crippen LogP contribution in [0.25, 0.3) is 0 Å². The van der Waals surface area contributed by atoms with Gasteiger partial charge in [-0.15, -0.1) is 0 Å². The fourth-order valence-corrected chi connectivity index (χ4v) is 1.20. The van der Waals surface area contributed by atoms with Gasteiger partial charge in [0.1, 0.15) is 12.4 Å². The maximum Gasteiger partial charge on any atom is 0.320 e. The van der Waals surface area contributed by atoms with Gasteiger partial charge in [0.15, 0.2) is 0 Å². The van der Waals surface area contributed by atoms with Gasteiger partial charge >= 0.3 is 5.97 Å². The van der Waals surface area contributed by atoms with E-state index in [4.69, 9.17) is 16.6 Å². The number of carboxylic acid groups (broad SMARTS) is 1. The summed E-state index contributed by atoms with van der Waals surface area (Å²) in [4.78, 5) is 25.9. The molecule has 1 heterocycles. The van der Waals surface area contributed by atoms with Crippen LogP contribution in [0.3, 0.4) is 0 Å². The monoisotopic (exact) mass is 226 g/mol. The minimum absolute atomic E-state index is 0.0355. The number of imidazole rings is 1. The highest BCUT2D eigenvalue weighted by Gasteiger charge is 2.18. The van der Waals surface area contributed by atoms with Crippen LogP contribution in [-0.2, 0) is 11.2 Å². The van der Waals surface area contributed by atoms with Crippen LogP contribution in [-0.4, -0.2) is 38.6 Å². The Labute approximate surface area is 92.1 Å². The second-order valence-corrected chi connectivity index (χ2v) is 3.53. The summed E-state index contributed by atoms with van der Waals surface area (Å²) in [5.41, 5.74) is 11.3. The fraction of sp³-hybridized carbons (Fsp3) is 0.444. The van der Waals surface area contributed by atoms with Crippen LogP contribution in [0.1, 0.15) is 17.4 Å². The summed E-state index contributed by atoms with van der Waals surface area (Å²) < 4.78 is 1.23. The van der Waals surface area contributed by atoms with Gasteiger partial charge in [0, 0.05) is 18.3 Å². The second-order valence-electron chi connectivity index (χ2n) is 3.53. The van der Waals surface area contributed by atoms with Gasteiger partial charge in [0.05, 0.1) is 6.04 Å². The van der Waals surface area contributed by atoms with E-state index in [0.717, 1.165) is 0 Å². The van der Waals surface area contributed by atoms with Crippen molar-refractivity contribution >= 4 is 11.9 Å². The summed E-state index contributed by atoms with van der Waals surface area (Å²) in [5, 5.41) is 8.66. The zero-order valence-corrected chi connectivity index (χ0v) is 8.83. The van der Waals surface area contributed by atoms with Crippen molar-refractivity contribution < 1.29 is 14.7 Å². The standard InChI is InChI=1S/C9H14N4O3/c1-5(10)8(14)13-4-12-3-6(13)2-7(11)9(15)16/h3-5,7H,2,10-11H2,1H3,(H,15,16)/t5?,7-/m0/s1. The van der Waals surface area contributed by atoms with Crippen LogP contribution < -0.4 is 11.5 Å². The van der Waals surface area contributed by atoms with E-state index in [1.54, 1.807) is 6.92 Å². The molecule has 1 aromatic heterocycles. The molecular weight excluding hydrogens is 212 g/mol. The van der Waals surface area contributed by atoms with Crippen molar-refractivity contribution in [2.24, 2.45) is 11.5 Å². The van der Waals surface area contributed by atoms with Crippen molar-refractivity contribution in [3.63, 3.8) is 0 Å². The van der Waals surface area contributed by atoms with Crippen LogP contribution in [0, 0.1) is 0 Å². The Morgan fingerprint density at radius 1 is 1.56 bits per heavy atom. The summed E-state index contributed by atoms with van der Waals surface area (Å²) >= 11 is 0. The first-order valence-electron chi connectivity index (χ1n) is 4.73. The Bertz CT molecular complexity index is 399. The number of hydrogen-bond donors (Lipinski definition) is 3. The molecule has 1 unspecified atom stereocenters. The van der Waals surface area contributed by atoms with E-state index in [1.807, 2.05) is 0 Å². The molecular formula is C9H14N4O3. The predicted molar refractivity (Wildman–Crippen MR) is 55.8 cm³/mol. The molecule has 0 aliphatic heterocycles. The SMILES string of the molecule is CC(N)C(=O)n1cncc1C[C@H](N)C(=O)O. The summed E-state index contributed by atoms with van der Waals surface area (Å²) in [6, 6.07) is -1.73. The van der Waals surface area contributed by atoms with Gasteiger partial charge in [-0.3, -0.25) is 14.2 Å². The van der Waals surface area contributed by atoms with Gasteiger partial charge in [0.25, 0.3) is 0 Å². The molecule has 0 saturated heterocycles. The van der Waals surface area contributed by atoms with Crippen molar-refractivity contribution in [1.82, 2.24) is 9.55 Å². The first-order valence-corrected chi connectivity index (χ1v) is 4.73. The van der Waals surface area contributed by atoms with Gasteiger partial charge in [-0.25, -0.2) is 4.98 Å². The molecule has 0 amide bonds. The molecule has 1 aromatic rings. The molecule has 0 spiro atoms. The Balaban J connectivity index is 2.86. The number of carbonyl (C=O) groups excluding carboxylic acids is 1. The van der Waals surface area contributed by atoms with Crippen molar-refractivity contribution in [2.45, 2.75) is 25.4 Å². The smallest absolute Gasteiger partial charge is 0.320 e. The van der Waals surface area contributed by atoms with Crippen LogP contribution in [0.2, 0.25) is 0 Å². The number of rotatable bonds is 4. The molecule has 88 valence electrons. The van der Waals surface area contributed by atoms with Gasteiger partial charge < -0.3 is 16.6 Å². The second kappa shape index (κ2) is 4.86. The van der Waals surface area contributed by atoms with E-state index in [1.165, 1.54) is 17.1 Å². The number of nitrogens with zero attached hydrogens (tertiary/aromatic N) is 2. The van der Waals surface area contributed by atoms with E-state index >= 15 is 0 Å². The fourth-order valence-electron chi connectivity index (χ4n) is 1.20. The predicted octanol–water partition coefficient (Wildman–Crippen LogP) is -1.18. The maximum atomic E-state index is 11.6. The molecule has 7 nitrogen and oxygen atoms in total. The number of carboxylic acids is 1. The van der Waals surface area contributed by atoms with Crippen molar-refractivity contribution in [3.05, 3.63) is 18.2 Å². The Morgan fingerprint density at radius 3 is 2.69 bits per heavy atom. The Morgan fingerprint density at radius 2 is 2.19 bits per heavy atom. The van der Waals surface area contributed by atoms with E-state index in [9.17, 15) is 9.59 Å². The highest BCUT2D eigenvalue weighted by Crippen LogP contribution is 2.04. The third-order valence-corrected chi connectivity index (χ3v) is 2.09. The number of nitrogens with two attached hydrogens (primary N) is 2. The summed E-state index contributed by atoms with van der Waals surface area (Å²) in [7, 11) is 0. The molecule has 0 aromatic carbocycles. The van der Waals surface area contributed by atoms with Crippen LogP contribution in [0.15, 0.2) is 12.5 Å². The topological polar surface area (TPSA) is 124 Å². The average molecular weight is 226 g/mol. The molecule has 1 rings (SSSR count). The molecule has 2 atom stereocenters. The number of aromatic nitrogens is 2. The quantitative estimate of drug-likeness (QED) is 0.593. The van der Waals surface area contributed by atoms with Crippen molar-refractivity contribution in [1.29, 1.82) is 0 Å². The van der Waals surface area contributed by atoms with Crippen LogP contribution in [0.5, 0.6) is 0 Å². The molecule has 16 heavy (non-hydrogen) atoms. The van der Waals surface area contributed by atoms with Crippen LogP contribution >= 0.6 is 0 Å². The van der Waals surface area contributed by atoms with Gasteiger partial charge in [0.2, 0.25) is 5.91 Å². The summed E-state index contributed by atoms with van der Waals surface area (Å²) in [6.45, 7) is 1.54. The third-order valence-electron chi connectivity index (χ3n) is 2.09. The zero-order valence-electron chi connectivity index (χ0n) is 8.83. The zero-order chi connectivity index (χ0) is 12.3. The molecule has 0 aliphatic rings. The first-order chi connectivity index (χ1) is 7.43. The lowest BCUT2D eigenvalue weighted by Gasteiger charge is -2.10. The molecule has 7 heteroatoms. The molecule has 5 N–H and O–H groups in total. The summed E-state index contributed by atoms with van der Waals surface area (Å²) in [5.74, 6) is -1.47. The average Bonchev–Trinajstić information content (AvgIpc) is 2.64. The number of aliphatic carboxylic acids is 1. The van der Waals surface area contributed by atoms with E-state index in [-0.39, 0.29) is 12.3 Å². The van der Waals surface area contributed by atoms with Crippen LogP contribution in [0.4, 0.5) is 0 Å². The number of hydrogen-bond acceptors (Lipinski definition) is 5. The molecule has 0 bridgehead atoms. The highest BCUT2D eigenvalue weighted by atomic mass is 16.4. The van der Waals surface area contributed by atoms with E-state index in [0.29, 0.717) is 5.69 Å². The lowest BCUT2D eigenvalue weighted by molar-refractivity contribution is -0.138. The van der Waals surface area contributed by atoms with Crippen molar-refractivity contribution in [2.75, 3.05) is 0 Å². The Hall–Kier alpha value is -1.73. The summed E-state index contributed by atoms with van der Waals surface area (Å²) in [6.07, 6.45) is 2.74. The molecule has 0 radical (unpaired) electrons. The largest absolute Gasteiger partial charge is 0.480 e. The minimum Gasteiger partial charge on any atom is -0.480 e. The normalized spacial score (nSPS) is 14.4. The van der Waals surface area contributed by atoms with E-state index in [2.05, 4.69) is 4.98 Å². The lowest BCUT2D eigenvalue weighted by atomic mass is 10.2.